The minimum Gasteiger partial charge on any atom is -0.494 e. The number of nitrogens with zero attached hydrogens (tertiary/aromatic N) is 1. The lowest BCUT2D eigenvalue weighted by Crippen LogP contribution is -1.98. The van der Waals surface area contributed by atoms with Gasteiger partial charge in [-0.25, -0.2) is 4.98 Å². The molecule has 6 heteroatoms. The molecule has 0 unspecified atom stereocenters. The van der Waals surface area contributed by atoms with Crippen molar-refractivity contribution in [3.8, 4) is 17.2 Å². The van der Waals surface area contributed by atoms with E-state index in [-0.39, 0.29) is 5.75 Å². The molecule has 2 aromatic rings. The molecule has 1 N–H and O–H groups in total. The second kappa shape index (κ2) is 7.89. The Morgan fingerprint density at radius 1 is 1.36 bits per heavy atom. The zero-order valence-corrected chi connectivity index (χ0v) is 13.5. The van der Waals surface area contributed by atoms with E-state index in [0.717, 1.165) is 29.2 Å². The molecule has 1 aromatic heterocycles. The van der Waals surface area contributed by atoms with Crippen LogP contribution in [0.3, 0.4) is 0 Å². The number of aliphatic carboxylic acids is 1. The van der Waals surface area contributed by atoms with Crippen LogP contribution in [-0.4, -0.2) is 28.4 Å². The highest BCUT2D eigenvalue weighted by molar-refractivity contribution is 7.99. The maximum atomic E-state index is 10.5. The van der Waals surface area contributed by atoms with E-state index in [0.29, 0.717) is 18.3 Å². The third-order valence-corrected chi connectivity index (χ3v) is 3.86. The molecule has 0 spiro atoms. The second-order valence-electron chi connectivity index (χ2n) is 4.78. The van der Waals surface area contributed by atoms with E-state index in [2.05, 4.69) is 11.9 Å². The first-order valence-electron chi connectivity index (χ1n) is 7.09. The molecule has 1 heterocycles. The molecule has 0 aliphatic carbocycles. The number of thioether (sulfide) groups is 1. The molecule has 0 fully saturated rings. The Kier molecular flexibility index (Phi) is 5.89. The van der Waals surface area contributed by atoms with Crippen LogP contribution in [0.15, 0.2) is 28.7 Å². The SMILES string of the molecule is CCCOc1ccc(-c2nc(CSCC(=O)O)c(C)o2)cc1. The summed E-state index contributed by atoms with van der Waals surface area (Å²) in [4.78, 5) is 15.0. The predicted octanol–water partition coefficient (Wildman–Crippen LogP) is 3.76. The number of benzene rings is 1. The molecular formula is C16H19NO4S. The maximum Gasteiger partial charge on any atom is 0.313 e. The molecule has 2 rings (SSSR count). The average molecular weight is 321 g/mol. The third kappa shape index (κ3) is 4.53. The predicted molar refractivity (Wildman–Crippen MR) is 86.3 cm³/mol. The van der Waals surface area contributed by atoms with Crippen LogP contribution >= 0.6 is 11.8 Å². The molecule has 0 amide bonds. The van der Waals surface area contributed by atoms with Crippen LogP contribution in [0.1, 0.15) is 24.8 Å². The quantitative estimate of drug-likeness (QED) is 0.798. The molecule has 5 nitrogen and oxygen atoms in total. The summed E-state index contributed by atoms with van der Waals surface area (Å²) in [5, 5.41) is 8.66. The Morgan fingerprint density at radius 2 is 2.09 bits per heavy atom. The van der Waals surface area contributed by atoms with E-state index < -0.39 is 5.97 Å². The lowest BCUT2D eigenvalue weighted by atomic mass is 10.2. The van der Waals surface area contributed by atoms with Gasteiger partial charge in [0.15, 0.2) is 0 Å². The van der Waals surface area contributed by atoms with Gasteiger partial charge in [-0.05, 0) is 37.6 Å². The third-order valence-electron chi connectivity index (χ3n) is 2.93. The number of oxazole rings is 1. The minimum atomic E-state index is -0.825. The smallest absolute Gasteiger partial charge is 0.313 e. The average Bonchev–Trinajstić information content (AvgIpc) is 2.86. The summed E-state index contributed by atoms with van der Waals surface area (Å²) in [5.41, 5.74) is 1.66. The summed E-state index contributed by atoms with van der Waals surface area (Å²) in [6.07, 6.45) is 0.970. The lowest BCUT2D eigenvalue weighted by Gasteiger charge is -2.04. The number of hydrogen-bond donors (Lipinski definition) is 1. The maximum absolute atomic E-state index is 10.5. The summed E-state index contributed by atoms with van der Waals surface area (Å²) >= 11 is 1.31. The monoisotopic (exact) mass is 321 g/mol. The highest BCUT2D eigenvalue weighted by atomic mass is 32.2. The van der Waals surface area contributed by atoms with Gasteiger partial charge >= 0.3 is 5.97 Å². The van der Waals surface area contributed by atoms with Crippen molar-refractivity contribution in [2.45, 2.75) is 26.0 Å². The highest BCUT2D eigenvalue weighted by Crippen LogP contribution is 2.25. The zero-order valence-electron chi connectivity index (χ0n) is 12.7. The van der Waals surface area contributed by atoms with Crippen molar-refractivity contribution < 1.29 is 19.1 Å². The van der Waals surface area contributed by atoms with Gasteiger partial charge in [0.1, 0.15) is 11.5 Å². The Hall–Kier alpha value is -1.95. The molecule has 0 saturated carbocycles. The Balaban J connectivity index is 2.04. The van der Waals surface area contributed by atoms with Crippen LogP contribution < -0.4 is 4.74 Å². The van der Waals surface area contributed by atoms with Gasteiger partial charge in [0.25, 0.3) is 0 Å². The second-order valence-corrected chi connectivity index (χ2v) is 5.77. The number of aromatic nitrogens is 1. The summed E-state index contributed by atoms with van der Waals surface area (Å²) in [7, 11) is 0. The molecule has 0 atom stereocenters. The van der Waals surface area contributed by atoms with E-state index >= 15 is 0 Å². The molecule has 0 radical (unpaired) electrons. The van der Waals surface area contributed by atoms with Crippen molar-refractivity contribution in [2.75, 3.05) is 12.4 Å². The first-order chi connectivity index (χ1) is 10.6. The molecular weight excluding hydrogens is 302 g/mol. The molecule has 118 valence electrons. The van der Waals surface area contributed by atoms with E-state index in [1.807, 2.05) is 31.2 Å². The van der Waals surface area contributed by atoms with Crippen LogP contribution in [0.25, 0.3) is 11.5 Å². The number of ether oxygens (including phenoxy) is 1. The minimum absolute atomic E-state index is 0.0606. The fourth-order valence-corrected chi connectivity index (χ4v) is 2.57. The van der Waals surface area contributed by atoms with Crippen molar-refractivity contribution in [3.05, 3.63) is 35.7 Å². The topological polar surface area (TPSA) is 72.6 Å². The van der Waals surface area contributed by atoms with E-state index in [4.69, 9.17) is 14.3 Å². The number of rotatable bonds is 8. The van der Waals surface area contributed by atoms with Crippen molar-refractivity contribution in [1.82, 2.24) is 4.98 Å². The van der Waals surface area contributed by atoms with Gasteiger partial charge in [0.2, 0.25) is 5.89 Å². The number of carboxylic acids is 1. The van der Waals surface area contributed by atoms with Gasteiger partial charge in [-0.15, -0.1) is 11.8 Å². The van der Waals surface area contributed by atoms with Gasteiger partial charge in [-0.1, -0.05) is 6.92 Å². The number of hydrogen-bond acceptors (Lipinski definition) is 5. The molecule has 22 heavy (non-hydrogen) atoms. The first kappa shape index (κ1) is 16.4. The first-order valence-corrected chi connectivity index (χ1v) is 8.24. The Bertz CT molecular complexity index is 622. The van der Waals surface area contributed by atoms with E-state index in [9.17, 15) is 4.79 Å². The van der Waals surface area contributed by atoms with Crippen LogP contribution in [-0.2, 0) is 10.5 Å². The summed E-state index contributed by atoms with van der Waals surface area (Å²) < 4.78 is 11.2. The summed E-state index contributed by atoms with van der Waals surface area (Å²) in [6, 6.07) is 7.60. The van der Waals surface area contributed by atoms with Crippen molar-refractivity contribution in [1.29, 1.82) is 0 Å². The fourth-order valence-electron chi connectivity index (χ4n) is 1.83. The van der Waals surface area contributed by atoms with E-state index in [1.165, 1.54) is 11.8 Å². The highest BCUT2D eigenvalue weighted by Gasteiger charge is 2.12. The molecule has 0 aliphatic rings. The lowest BCUT2D eigenvalue weighted by molar-refractivity contribution is -0.133. The van der Waals surface area contributed by atoms with Crippen molar-refractivity contribution >= 4 is 17.7 Å². The van der Waals surface area contributed by atoms with Crippen LogP contribution in [0.5, 0.6) is 5.75 Å². The Morgan fingerprint density at radius 3 is 2.73 bits per heavy atom. The number of carbonyl (C=O) groups is 1. The number of aryl methyl sites for hydroxylation is 1. The van der Waals surface area contributed by atoms with Crippen LogP contribution in [0.4, 0.5) is 0 Å². The zero-order chi connectivity index (χ0) is 15.9. The largest absolute Gasteiger partial charge is 0.494 e. The Labute approximate surface area is 133 Å². The molecule has 0 bridgehead atoms. The van der Waals surface area contributed by atoms with Gasteiger partial charge < -0.3 is 14.3 Å². The molecule has 0 aliphatic heterocycles. The van der Waals surface area contributed by atoms with Gasteiger partial charge in [-0.2, -0.15) is 0 Å². The fraction of sp³-hybridized carbons (Fsp3) is 0.375. The summed E-state index contributed by atoms with van der Waals surface area (Å²) in [6.45, 7) is 4.60. The number of carboxylic acid groups (broad SMARTS) is 1. The van der Waals surface area contributed by atoms with Gasteiger partial charge in [0, 0.05) is 11.3 Å². The van der Waals surface area contributed by atoms with Crippen molar-refractivity contribution in [3.63, 3.8) is 0 Å². The van der Waals surface area contributed by atoms with Crippen LogP contribution in [0.2, 0.25) is 0 Å². The standard InChI is InChI=1S/C16H19NO4S/c1-3-8-20-13-6-4-12(5-7-13)16-17-14(11(2)21-16)9-22-10-15(18)19/h4-7H,3,8-10H2,1-2H3,(H,18,19). The van der Waals surface area contributed by atoms with Crippen molar-refractivity contribution in [2.24, 2.45) is 0 Å². The van der Waals surface area contributed by atoms with Crippen LogP contribution in [0, 0.1) is 6.92 Å². The summed E-state index contributed by atoms with van der Waals surface area (Å²) in [5.74, 6) is 1.86. The normalized spacial score (nSPS) is 10.6. The molecule has 1 aromatic carbocycles. The van der Waals surface area contributed by atoms with Gasteiger partial charge in [-0.3, -0.25) is 4.79 Å². The van der Waals surface area contributed by atoms with E-state index in [1.54, 1.807) is 0 Å². The molecule has 0 saturated heterocycles. The van der Waals surface area contributed by atoms with Gasteiger partial charge in [0.05, 0.1) is 18.1 Å².